The highest BCUT2D eigenvalue weighted by Gasteiger charge is 2.43. The fourth-order valence-corrected chi connectivity index (χ4v) is 4.84. The molecule has 2 aliphatic rings. The molecule has 27 heavy (non-hydrogen) atoms. The molecule has 0 saturated heterocycles. The molecule has 1 aliphatic heterocycles. The number of rotatable bonds is 4. The topological polar surface area (TPSA) is 92.0 Å². The van der Waals surface area contributed by atoms with E-state index >= 15 is 0 Å². The standard InChI is InChI=1S/C20H26N6S/c1-14(17-10-7-13-27-17)23-15-8-3-4-9-16(15)26-19(22)24-18(21)25-20(26)11-5-2-6-12-20/h3-4,7-10,13-14,23H,2,5-6,11-12H2,1H3,(H4,21,22,24,25). The molecular formula is C20H26N6S. The zero-order chi connectivity index (χ0) is 18.9. The van der Waals surface area contributed by atoms with Crippen LogP contribution in [0, 0.1) is 0 Å². The van der Waals surface area contributed by atoms with Crippen LogP contribution in [0.3, 0.4) is 0 Å². The normalized spacial score (nSPS) is 20.1. The minimum Gasteiger partial charge on any atom is -0.376 e. The maximum Gasteiger partial charge on any atom is 0.220 e. The Kier molecular flexibility index (Phi) is 4.78. The SMILES string of the molecule is CC(Nc1ccccc1N1C(N)=NC(N)=NC12CCCCC2)c1cccs1. The highest BCUT2D eigenvalue weighted by Crippen LogP contribution is 2.42. The smallest absolute Gasteiger partial charge is 0.220 e. The molecule has 1 fully saturated rings. The second kappa shape index (κ2) is 7.23. The fraction of sp³-hybridized carbons (Fsp3) is 0.400. The third-order valence-corrected chi connectivity index (χ3v) is 6.39. The molecule has 2 aromatic rings. The first kappa shape index (κ1) is 17.9. The minimum atomic E-state index is -0.432. The van der Waals surface area contributed by atoms with Gasteiger partial charge in [-0.25, -0.2) is 4.99 Å². The molecule has 0 bridgehead atoms. The highest BCUT2D eigenvalue weighted by molar-refractivity contribution is 7.10. The minimum absolute atomic E-state index is 0.199. The molecule has 1 aromatic carbocycles. The number of benzene rings is 1. The number of nitrogens with two attached hydrogens (primary N) is 2. The van der Waals surface area contributed by atoms with E-state index in [0.717, 1.165) is 37.1 Å². The number of hydrogen-bond donors (Lipinski definition) is 3. The predicted octanol–water partition coefficient (Wildman–Crippen LogP) is 4.03. The molecule has 1 aromatic heterocycles. The number of hydrogen-bond acceptors (Lipinski definition) is 7. The largest absolute Gasteiger partial charge is 0.376 e. The lowest BCUT2D eigenvalue weighted by molar-refractivity contribution is 0.305. The molecule has 1 saturated carbocycles. The predicted molar refractivity (Wildman–Crippen MR) is 114 cm³/mol. The lowest BCUT2D eigenvalue weighted by Crippen LogP contribution is -2.58. The van der Waals surface area contributed by atoms with E-state index in [0.29, 0.717) is 5.96 Å². The van der Waals surface area contributed by atoms with E-state index in [1.54, 1.807) is 11.3 Å². The van der Waals surface area contributed by atoms with E-state index in [1.807, 2.05) is 12.1 Å². The summed E-state index contributed by atoms with van der Waals surface area (Å²) >= 11 is 1.75. The Labute approximate surface area is 164 Å². The van der Waals surface area contributed by atoms with Crippen molar-refractivity contribution in [2.75, 3.05) is 10.2 Å². The first-order valence-electron chi connectivity index (χ1n) is 9.48. The zero-order valence-electron chi connectivity index (χ0n) is 15.6. The molecule has 5 N–H and O–H groups in total. The van der Waals surface area contributed by atoms with Crippen LogP contribution in [0.1, 0.15) is 49.9 Å². The number of para-hydroxylation sites is 2. The van der Waals surface area contributed by atoms with E-state index in [2.05, 4.69) is 51.8 Å². The Balaban J connectivity index is 1.72. The molecule has 0 radical (unpaired) electrons. The van der Waals surface area contributed by atoms with E-state index in [4.69, 9.17) is 16.5 Å². The summed E-state index contributed by atoms with van der Waals surface area (Å²) < 4.78 is 0. The molecule has 1 aliphatic carbocycles. The van der Waals surface area contributed by atoms with E-state index in [9.17, 15) is 0 Å². The molecule has 1 spiro atoms. The van der Waals surface area contributed by atoms with Crippen LogP contribution in [0.25, 0.3) is 0 Å². The van der Waals surface area contributed by atoms with Crippen molar-refractivity contribution >= 4 is 34.6 Å². The molecule has 6 nitrogen and oxygen atoms in total. The van der Waals surface area contributed by atoms with Gasteiger partial charge in [0.15, 0.2) is 0 Å². The fourth-order valence-electron chi connectivity index (χ4n) is 4.10. The second-order valence-electron chi connectivity index (χ2n) is 7.22. The van der Waals surface area contributed by atoms with Crippen molar-refractivity contribution in [2.24, 2.45) is 21.5 Å². The van der Waals surface area contributed by atoms with E-state index < -0.39 is 5.66 Å². The highest BCUT2D eigenvalue weighted by atomic mass is 32.1. The van der Waals surface area contributed by atoms with Crippen LogP contribution >= 0.6 is 11.3 Å². The van der Waals surface area contributed by atoms with E-state index in [1.165, 1.54) is 11.3 Å². The Morgan fingerprint density at radius 1 is 1.11 bits per heavy atom. The third-order valence-electron chi connectivity index (χ3n) is 5.34. The second-order valence-corrected chi connectivity index (χ2v) is 8.20. The van der Waals surface area contributed by atoms with Crippen molar-refractivity contribution < 1.29 is 0 Å². The van der Waals surface area contributed by atoms with Crippen LogP contribution in [-0.4, -0.2) is 17.6 Å². The number of aliphatic imine (C=N–C) groups is 2. The van der Waals surface area contributed by atoms with Crippen LogP contribution in [0.4, 0.5) is 11.4 Å². The van der Waals surface area contributed by atoms with Gasteiger partial charge in [-0.15, -0.1) is 11.3 Å². The van der Waals surface area contributed by atoms with Gasteiger partial charge in [0.05, 0.1) is 17.4 Å². The molecule has 2 heterocycles. The maximum atomic E-state index is 6.39. The monoisotopic (exact) mass is 382 g/mol. The van der Waals surface area contributed by atoms with Gasteiger partial charge in [-0.05, 0) is 56.2 Å². The number of nitrogens with one attached hydrogen (secondary N) is 1. The van der Waals surface area contributed by atoms with Crippen molar-refractivity contribution in [3.63, 3.8) is 0 Å². The van der Waals surface area contributed by atoms with Crippen LogP contribution in [0.5, 0.6) is 0 Å². The first-order chi connectivity index (χ1) is 13.1. The van der Waals surface area contributed by atoms with Crippen LogP contribution in [-0.2, 0) is 0 Å². The summed E-state index contributed by atoms with van der Waals surface area (Å²) in [4.78, 5) is 12.4. The molecule has 142 valence electrons. The van der Waals surface area contributed by atoms with Crippen molar-refractivity contribution in [1.29, 1.82) is 0 Å². The van der Waals surface area contributed by atoms with Crippen LogP contribution in [0.2, 0.25) is 0 Å². The van der Waals surface area contributed by atoms with Gasteiger partial charge in [-0.1, -0.05) is 24.6 Å². The summed E-state index contributed by atoms with van der Waals surface area (Å²) in [5, 5.41) is 5.74. The molecular weight excluding hydrogens is 356 g/mol. The maximum absolute atomic E-state index is 6.39. The van der Waals surface area contributed by atoms with Crippen molar-refractivity contribution in [2.45, 2.75) is 50.7 Å². The Hall–Kier alpha value is -2.54. The van der Waals surface area contributed by atoms with Gasteiger partial charge in [-0.3, -0.25) is 4.90 Å². The van der Waals surface area contributed by atoms with Gasteiger partial charge in [0.25, 0.3) is 0 Å². The van der Waals surface area contributed by atoms with Gasteiger partial charge >= 0.3 is 0 Å². The van der Waals surface area contributed by atoms with Gasteiger partial charge < -0.3 is 16.8 Å². The molecule has 7 heteroatoms. The molecule has 4 rings (SSSR count). The number of anilines is 2. The summed E-state index contributed by atoms with van der Waals surface area (Å²) in [7, 11) is 0. The van der Waals surface area contributed by atoms with Gasteiger partial charge in [-0.2, -0.15) is 4.99 Å². The van der Waals surface area contributed by atoms with Crippen molar-refractivity contribution in [3.05, 3.63) is 46.7 Å². The summed E-state index contributed by atoms with van der Waals surface area (Å²) in [5.74, 6) is 0.700. The Morgan fingerprint density at radius 2 is 1.89 bits per heavy atom. The molecule has 1 atom stereocenters. The average Bonchev–Trinajstić information content (AvgIpc) is 3.18. The van der Waals surface area contributed by atoms with Gasteiger partial charge in [0, 0.05) is 4.88 Å². The van der Waals surface area contributed by atoms with Crippen molar-refractivity contribution in [3.8, 4) is 0 Å². The summed E-state index contributed by atoms with van der Waals surface area (Å²) in [6.07, 6.45) is 5.30. The summed E-state index contributed by atoms with van der Waals surface area (Å²) in [6, 6.07) is 12.7. The lowest BCUT2D eigenvalue weighted by Gasteiger charge is -2.46. The van der Waals surface area contributed by atoms with Crippen LogP contribution in [0.15, 0.2) is 51.8 Å². The number of nitrogens with zero attached hydrogens (tertiary/aromatic N) is 3. The first-order valence-corrected chi connectivity index (χ1v) is 10.4. The molecule has 0 amide bonds. The summed E-state index contributed by atoms with van der Waals surface area (Å²) in [5.41, 5.74) is 14.0. The lowest BCUT2D eigenvalue weighted by atomic mass is 9.87. The zero-order valence-corrected chi connectivity index (χ0v) is 16.4. The Bertz CT molecular complexity index is 851. The van der Waals surface area contributed by atoms with Crippen molar-refractivity contribution in [1.82, 2.24) is 0 Å². The average molecular weight is 383 g/mol. The number of guanidine groups is 2. The van der Waals surface area contributed by atoms with Gasteiger partial charge in [0.2, 0.25) is 11.9 Å². The van der Waals surface area contributed by atoms with Crippen LogP contribution < -0.4 is 21.7 Å². The summed E-state index contributed by atoms with van der Waals surface area (Å²) in [6.45, 7) is 2.17. The third kappa shape index (κ3) is 3.39. The van der Waals surface area contributed by atoms with Gasteiger partial charge in [0.1, 0.15) is 5.66 Å². The Morgan fingerprint density at radius 3 is 2.63 bits per heavy atom. The quantitative estimate of drug-likeness (QED) is 0.744. The number of thiophene rings is 1. The molecule has 1 unspecified atom stereocenters. The van der Waals surface area contributed by atoms with E-state index in [-0.39, 0.29) is 12.0 Å².